The normalized spacial score (nSPS) is 11.5. The summed E-state index contributed by atoms with van der Waals surface area (Å²) in [7, 11) is -9.34. The minimum absolute atomic E-state index is 0. The SMILES string of the molecule is CCOc1ccc(NC(=O)c2cc3ccccc3c(N=Nc3cc(Cl)c(S(=O)(=O)O)c(CC)c3)c2O)cc1.CCOc1ccc(NC(=O)c2cc3ccccc3c(N=Nc3cc(Cl)c(S(=O)(=O)[O-])c(CC)c3)c2[O-])cc1.[Ba+2]. The number of carbonyl (C=O) groups is 2. The Hall–Kier alpha value is -6.41. The third-order valence-electron chi connectivity index (χ3n) is 11.3. The molecular weight excluding hydrogens is 1200 g/mol. The van der Waals surface area contributed by atoms with Crippen LogP contribution >= 0.6 is 23.2 Å². The van der Waals surface area contributed by atoms with Crippen LogP contribution in [0.2, 0.25) is 10.0 Å². The van der Waals surface area contributed by atoms with E-state index < -0.39 is 42.7 Å². The van der Waals surface area contributed by atoms with Crippen molar-refractivity contribution in [1.29, 1.82) is 0 Å². The van der Waals surface area contributed by atoms with Crippen molar-refractivity contribution in [2.45, 2.75) is 50.3 Å². The second-order valence-corrected chi connectivity index (χ2v) is 19.8. The summed E-state index contributed by atoms with van der Waals surface area (Å²) in [5.41, 5.74) is 1.59. The minimum atomic E-state index is -4.80. The number of carbonyl (C=O) groups excluding carboxylic acids is 2. The molecule has 0 heterocycles. The van der Waals surface area contributed by atoms with Crippen molar-refractivity contribution in [3.05, 3.63) is 166 Å². The molecule has 77 heavy (non-hydrogen) atoms. The predicted molar refractivity (Wildman–Crippen MR) is 294 cm³/mol. The van der Waals surface area contributed by atoms with Gasteiger partial charge < -0.3 is 34.9 Å². The van der Waals surface area contributed by atoms with Crippen LogP contribution in [0.15, 0.2) is 164 Å². The van der Waals surface area contributed by atoms with Gasteiger partial charge in [0.1, 0.15) is 32.2 Å². The van der Waals surface area contributed by atoms with E-state index in [-0.39, 0.29) is 127 Å². The summed E-state index contributed by atoms with van der Waals surface area (Å²) >= 11 is 12.2. The zero-order chi connectivity index (χ0) is 54.9. The van der Waals surface area contributed by atoms with Gasteiger partial charge in [0, 0.05) is 27.7 Å². The summed E-state index contributed by atoms with van der Waals surface area (Å²) in [6.07, 6.45) is 0.463. The van der Waals surface area contributed by atoms with E-state index in [4.69, 9.17) is 32.7 Å². The molecule has 0 bridgehead atoms. The number of hydrogen-bond donors (Lipinski definition) is 4. The van der Waals surface area contributed by atoms with Crippen molar-refractivity contribution in [2.24, 2.45) is 20.5 Å². The van der Waals surface area contributed by atoms with Gasteiger partial charge in [0.05, 0.1) is 50.8 Å². The first-order valence-electron chi connectivity index (χ1n) is 23.2. The number of rotatable bonds is 16. The molecule has 2 amide bonds. The van der Waals surface area contributed by atoms with Gasteiger partial charge in [-0.3, -0.25) is 14.1 Å². The molecule has 8 rings (SSSR count). The van der Waals surface area contributed by atoms with Crippen LogP contribution in [0.5, 0.6) is 23.0 Å². The molecule has 0 unspecified atom stereocenters. The standard InChI is InChI=1S/2C27H24ClN3O6S.Ba/c2*1-3-16-13-19(15-23(28)26(16)38(34,35)36)30-31-24-21-8-6-5-7-17(21)14-22(25(24)32)27(33)29-18-9-11-20(12-10-18)37-4-2;/h2*5-15,32H,3-4H2,1-2H3,(H,29,33)(H,34,35,36);/q;;+2/p-2. The minimum Gasteiger partial charge on any atom is -0.870 e. The van der Waals surface area contributed by atoms with Gasteiger partial charge in [0.25, 0.3) is 21.9 Å². The number of benzene rings is 8. The first-order chi connectivity index (χ1) is 36.2. The average Bonchev–Trinajstić information content (AvgIpc) is 3.38. The van der Waals surface area contributed by atoms with Gasteiger partial charge in [0.15, 0.2) is 5.75 Å². The topological polar surface area (TPSA) is 281 Å². The number of halogens is 2. The summed E-state index contributed by atoms with van der Waals surface area (Å²) < 4.78 is 78.6. The number of phenolic OH excluding ortho intramolecular Hbond substituents is 1. The Kier molecular flexibility index (Phi) is 20.4. The van der Waals surface area contributed by atoms with Crippen LogP contribution in [0.1, 0.15) is 59.5 Å². The largest absolute Gasteiger partial charge is 2.00 e. The van der Waals surface area contributed by atoms with Crippen molar-refractivity contribution in [1.82, 2.24) is 0 Å². The number of aromatic hydroxyl groups is 1. The molecule has 0 aliphatic heterocycles. The summed E-state index contributed by atoms with van der Waals surface area (Å²) in [6.45, 7) is 8.13. The van der Waals surface area contributed by atoms with Crippen LogP contribution in [0.25, 0.3) is 21.5 Å². The number of hydrogen-bond acceptors (Lipinski definition) is 15. The molecule has 0 aromatic heterocycles. The Morgan fingerprint density at radius 3 is 1.45 bits per heavy atom. The molecule has 0 saturated carbocycles. The van der Waals surface area contributed by atoms with E-state index in [9.17, 15) is 45.7 Å². The number of azo groups is 2. The first kappa shape index (κ1) is 59.8. The van der Waals surface area contributed by atoms with Crippen molar-refractivity contribution in [3.8, 4) is 23.0 Å². The number of phenols is 1. The van der Waals surface area contributed by atoms with E-state index in [1.807, 2.05) is 13.8 Å². The second-order valence-electron chi connectivity index (χ2n) is 16.4. The van der Waals surface area contributed by atoms with Gasteiger partial charge >= 0.3 is 48.9 Å². The van der Waals surface area contributed by atoms with E-state index in [0.717, 1.165) is 0 Å². The molecule has 23 heteroatoms. The van der Waals surface area contributed by atoms with Crippen molar-refractivity contribution >= 4 is 160 Å². The number of nitrogens with zero attached hydrogens (tertiary/aromatic N) is 4. The van der Waals surface area contributed by atoms with Crippen LogP contribution in [0.4, 0.5) is 34.1 Å². The summed E-state index contributed by atoms with van der Waals surface area (Å²) in [5.74, 6) is -0.887. The Labute approximate surface area is 493 Å². The van der Waals surface area contributed by atoms with E-state index in [1.54, 1.807) is 117 Å². The van der Waals surface area contributed by atoms with Crippen LogP contribution < -0.4 is 25.2 Å². The fourth-order valence-corrected chi connectivity index (χ4v) is 10.6. The van der Waals surface area contributed by atoms with Gasteiger partial charge in [-0.05, 0) is 134 Å². The molecule has 4 N–H and O–H groups in total. The average molecular weight is 1240 g/mol. The molecule has 0 spiro atoms. The first-order valence-corrected chi connectivity index (χ1v) is 26.8. The van der Waals surface area contributed by atoms with E-state index >= 15 is 0 Å². The van der Waals surface area contributed by atoms with Gasteiger partial charge in [-0.2, -0.15) is 23.8 Å². The molecule has 0 atom stereocenters. The molecule has 0 fully saturated rings. The third-order valence-corrected chi connectivity index (χ3v) is 14.1. The number of anilines is 2. The van der Waals surface area contributed by atoms with Crippen molar-refractivity contribution in [2.75, 3.05) is 23.8 Å². The van der Waals surface area contributed by atoms with Gasteiger partial charge in [-0.25, -0.2) is 8.42 Å². The van der Waals surface area contributed by atoms with Crippen molar-refractivity contribution < 1.29 is 55.2 Å². The molecule has 8 aromatic carbocycles. The molecule has 8 aromatic rings. The number of nitrogens with one attached hydrogen (secondary N) is 2. The van der Waals surface area contributed by atoms with Crippen molar-refractivity contribution in [3.63, 3.8) is 0 Å². The Bertz CT molecular complexity index is 3560. The van der Waals surface area contributed by atoms with E-state index in [0.29, 0.717) is 57.6 Å². The van der Waals surface area contributed by atoms with Gasteiger partial charge in [-0.15, -0.1) is 5.11 Å². The summed E-state index contributed by atoms with van der Waals surface area (Å²) in [5, 5.41) is 48.2. The van der Waals surface area contributed by atoms with E-state index in [2.05, 4.69) is 31.1 Å². The number of fused-ring (bicyclic) bond motifs is 2. The zero-order valence-corrected chi connectivity index (χ0v) is 49.2. The molecule has 18 nitrogen and oxygen atoms in total. The molecule has 0 aliphatic rings. The maximum Gasteiger partial charge on any atom is 2.00 e. The Morgan fingerprint density at radius 2 is 1.00 bits per heavy atom. The van der Waals surface area contributed by atoms with Gasteiger partial charge in [-0.1, -0.05) is 91.3 Å². The maximum absolute atomic E-state index is 13.4. The zero-order valence-electron chi connectivity index (χ0n) is 41.6. The summed E-state index contributed by atoms with van der Waals surface area (Å²) in [4.78, 5) is 25.3. The van der Waals surface area contributed by atoms with Crippen LogP contribution in [-0.2, 0) is 33.1 Å². The summed E-state index contributed by atoms with van der Waals surface area (Å²) in [6, 6.07) is 35.8. The molecule has 0 saturated heterocycles. The van der Waals surface area contributed by atoms with Crippen LogP contribution in [-0.4, -0.2) is 105 Å². The quantitative estimate of drug-likeness (QED) is 0.0399. The number of amides is 2. The van der Waals surface area contributed by atoms with Gasteiger partial charge in [0.2, 0.25) is 0 Å². The Morgan fingerprint density at radius 1 is 0.584 bits per heavy atom. The smallest absolute Gasteiger partial charge is 0.870 e. The predicted octanol–water partition coefficient (Wildman–Crippen LogP) is 12.8. The van der Waals surface area contributed by atoms with Crippen LogP contribution in [0.3, 0.4) is 0 Å². The van der Waals surface area contributed by atoms with E-state index in [1.165, 1.54) is 30.3 Å². The molecule has 0 aliphatic carbocycles. The molecule has 0 radical (unpaired) electrons. The monoisotopic (exact) mass is 1240 g/mol. The number of ether oxygens (including phenoxy) is 2. The second kappa shape index (κ2) is 26.3. The molecule has 392 valence electrons. The fraction of sp³-hybridized carbons (Fsp3) is 0.148. The molecular formula is C54H46BaCl2N6O12S2. The maximum atomic E-state index is 13.4. The Balaban J connectivity index is 0.000000246. The third kappa shape index (κ3) is 14.6. The van der Waals surface area contributed by atoms with Crippen LogP contribution in [0, 0.1) is 0 Å². The fourth-order valence-electron chi connectivity index (χ4n) is 7.86. The number of aryl methyl sites for hydroxylation is 2.